The molecule has 35 heavy (non-hydrogen) atoms. The number of fused-ring (bicyclic) bond motifs is 1. The molecule has 0 atom stereocenters. The van der Waals surface area contributed by atoms with Crippen LogP contribution in [0.1, 0.15) is 35.2 Å². The predicted molar refractivity (Wildman–Crippen MR) is 130 cm³/mol. The molecule has 186 valence electrons. The number of rotatable bonds is 9. The van der Waals surface area contributed by atoms with Crippen molar-refractivity contribution in [2.24, 2.45) is 5.92 Å². The third-order valence-electron chi connectivity index (χ3n) is 6.65. The van der Waals surface area contributed by atoms with Gasteiger partial charge in [0.1, 0.15) is 17.0 Å². The van der Waals surface area contributed by atoms with Crippen molar-refractivity contribution in [1.29, 1.82) is 0 Å². The lowest BCUT2D eigenvalue weighted by molar-refractivity contribution is 0.0839. The molecule has 0 amide bonds. The van der Waals surface area contributed by atoms with E-state index in [-0.39, 0.29) is 22.9 Å². The van der Waals surface area contributed by atoms with Gasteiger partial charge in [-0.2, -0.15) is 0 Å². The summed E-state index contributed by atoms with van der Waals surface area (Å²) in [6, 6.07) is 7.39. The number of methoxy groups -OCH3 is 3. The maximum absolute atomic E-state index is 13.2. The zero-order valence-electron chi connectivity index (χ0n) is 20.3. The molecule has 1 aliphatic heterocycles. The molecule has 1 fully saturated rings. The van der Waals surface area contributed by atoms with Crippen LogP contribution in [0.2, 0.25) is 0 Å². The lowest BCUT2D eigenvalue weighted by Crippen LogP contribution is -2.37. The minimum Gasteiger partial charge on any atom is -0.496 e. The van der Waals surface area contributed by atoms with Gasteiger partial charge >= 0.3 is 0 Å². The molecule has 1 saturated heterocycles. The largest absolute Gasteiger partial charge is 0.496 e. The molecule has 1 aromatic heterocycles. The Hall–Kier alpha value is -3.39. The topological polar surface area (TPSA) is 78.2 Å². The summed E-state index contributed by atoms with van der Waals surface area (Å²) in [5.74, 6) is 0.859. The minimum atomic E-state index is -0.339. The number of piperidine rings is 1. The molecule has 0 N–H and O–H groups in total. The first-order valence-electron chi connectivity index (χ1n) is 11.7. The van der Waals surface area contributed by atoms with E-state index in [1.165, 1.54) is 39.7 Å². The van der Waals surface area contributed by atoms with Crippen LogP contribution in [0, 0.1) is 11.7 Å². The van der Waals surface area contributed by atoms with E-state index in [9.17, 15) is 14.0 Å². The van der Waals surface area contributed by atoms with E-state index in [1.807, 2.05) is 0 Å². The number of aryl methyl sites for hydroxylation is 1. The lowest BCUT2D eigenvalue weighted by Gasteiger charge is -2.31. The molecule has 0 aliphatic carbocycles. The average Bonchev–Trinajstić information content (AvgIpc) is 2.89. The summed E-state index contributed by atoms with van der Waals surface area (Å²) >= 11 is 0. The fourth-order valence-electron chi connectivity index (χ4n) is 4.71. The highest BCUT2D eigenvalue weighted by molar-refractivity contribution is 5.97. The monoisotopic (exact) mass is 483 g/mol. The first-order valence-corrected chi connectivity index (χ1v) is 11.7. The number of carbonyl (C=O) groups excluding carboxylic acids is 1. The first kappa shape index (κ1) is 24.7. The number of carbonyl (C=O) groups is 1. The Bertz CT molecular complexity index is 1250. The van der Waals surface area contributed by atoms with E-state index >= 15 is 0 Å². The summed E-state index contributed by atoms with van der Waals surface area (Å²) in [6.45, 7) is 2.45. The van der Waals surface area contributed by atoms with Gasteiger partial charge < -0.3 is 23.5 Å². The molecule has 2 aromatic carbocycles. The van der Waals surface area contributed by atoms with E-state index in [0.29, 0.717) is 45.8 Å². The maximum Gasteiger partial charge on any atom is 0.204 e. The number of hydrogen-bond donors (Lipinski definition) is 0. The second-order valence-corrected chi connectivity index (χ2v) is 8.70. The summed E-state index contributed by atoms with van der Waals surface area (Å²) in [4.78, 5) is 28.2. The summed E-state index contributed by atoms with van der Waals surface area (Å²) in [5, 5.41) is 0.336. The van der Waals surface area contributed by atoms with Crippen LogP contribution < -0.4 is 19.6 Å². The van der Waals surface area contributed by atoms with Gasteiger partial charge in [-0.25, -0.2) is 4.39 Å². The zero-order chi connectivity index (χ0) is 24.9. The van der Waals surface area contributed by atoms with E-state index in [2.05, 4.69) is 4.90 Å². The first-order chi connectivity index (χ1) is 17.0. The molecule has 4 rings (SSSR count). The summed E-state index contributed by atoms with van der Waals surface area (Å²) in [5.41, 5.74) is 1.29. The molecule has 8 heteroatoms. The minimum absolute atomic E-state index is 0.0383. The van der Waals surface area contributed by atoms with Crippen LogP contribution in [0.4, 0.5) is 4.39 Å². The van der Waals surface area contributed by atoms with Crippen LogP contribution in [-0.2, 0) is 6.42 Å². The lowest BCUT2D eigenvalue weighted by atomic mass is 9.89. The Balaban J connectivity index is 1.37. The van der Waals surface area contributed by atoms with Crippen LogP contribution >= 0.6 is 0 Å². The fourth-order valence-corrected chi connectivity index (χ4v) is 4.71. The Kier molecular flexibility index (Phi) is 7.70. The third-order valence-corrected chi connectivity index (χ3v) is 6.65. The molecular weight excluding hydrogens is 453 g/mol. The highest BCUT2D eigenvalue weighted by Crippen LogP contribution is 2.40. The van der Waals surface area contributed by atoms with Crippen LogP contribution in [-0.4, -0.2) is 51.6 Å². The highest BCUT2D eigenvalue weighted by atomic mass is 19.1. The second kappa shape index (κ2) is 10.9. The summed E-state index contributed by atoms with van der Waals surface area (Å²) in [7, 11) is 4.50. The van der Waals surface area contributed by atoms with Gasteiger partial charge in [-0.05, 0) is 69.6 Å². The smallest absolute Gasteiger partial charge is 0.204 e. The van der Waals surface area contributed by atoms with Crippen molar-refractivity contribution in [2.45, 2.75) is 25.7 Å². The van der Waals surface area contributed by atoms with Crippen molar-refractivity contribution in [3.05, 3.63) is 63.8 Å². The summed E-state index contributed by atoms with van der Waals surface area (Å²) in [6.07, 6.45) is 4.37. The Labute approximate surface area is 203 Å². The zero-order valence-corrected chi connectivity index (χ0v) is 20.3. The number of halogens is 1. The molecule has 0 radical (unpaired) electrons. The fraction of sp³-hybridized carbons (Fsp3) is 0.407. The van der Waals surface area contributed by atoms with Crippen LogP contribution in [0.25, 0.3) is 11.0 Å². The normalized spacial score (nSPS) is 14.7. The molecule has 0 saturated carbocycles. The highest BCUT2D eigenvalue weighted by Gasteiger charge is 2.26. The maximum atomic E-state index is 13.2. The van der Waals surface area contributed by atoms with E-state index in [4.69, 9.17) is 18.6 Å². The van der Waals surface area contributed by atoms with Crippen LogP contribution in [0.15, 0.2) is 45.8 Å². The van der Waals surface area contributed by atoms with E-state index in [1.54, 1.807) is 18.2 Å². The quantitative estimate of drug-likeness (QED) is 0.415. The van der Waals surface area contributed by atoms with E-state index < -0.39 is 0 Å². The van der Waals surface area contributed by atoms with Crippen molar-refractivity contribution in [3.63, 3.8) is 0 Å². The molecule has 0 spiro atoms. The van der Waals surface area contributed by atoms with Gasteiger partial charge in [-0.3, -0.25) is 9.59 Å². The Morgan fingerprint density at radius 3 is 2.37 bits per heavy atom. The Morgan fingerprint density at radius 2 is 1.74 bits per heavy atom. The molecule has 0 unspecified atom stereocenters. The number of ether oxygens (including phenoxy) is 3. The third kappa shape index (κ3) is 5.17. The molecule has 3 aromatic rings. The van der Waals surface area contributed by atoms with Gasteiger partial charge in [0.15, 0.2) is 22.5 Å². The number of hydrogen-bond acceptors (Lipinski definition) is 7. The van der Waals surface area contributed by atoms with Crippen LogP contribution in [0.5, 0.6) is 17.2 Å². The molecule has 1 aliphatic rings. The molecule has 7 nitrogen and oxygen atoms in total. The van der Waals surface area contributed by atoms with Crippen molar-refractivity contribution >= 4 is 16.8 Å². The van der Waals surface area contributed by atoms with Gasteiger partial charge in [-0.1, -0.05) is 0 Å². The number of ketones is 1. The van der Waals surface area contributed by atoms with Crippen molar-refractivity contribution in [2.75, 3.05) is 41.0 Å². The number of benzene rings is 2. The van der Waals surface area contributed by atoms with E-state index in [0.717, 1.165) is 38.9 Å². The molecule has 0 bridgehead atoms. The number of likely N-dealkylation sites (tertiary alicyclic amines) is 1. The van der Waals surface area contributed by atoms with Crippen LogP contribution in [0.3, 0.4) is 0 Å². The second-order valence-electron chi connectivity index (χ2n) is 8.70. The SMILES string of the molecule is COc1cc(OC)c2c(=O)c(CCCN3CCC(C(=O)c4ccc(F)cc4)CC3)coc2c1OC. The van der Waals surface area contributed by atoms with Crippen molar-refractivity contribution < 1.29 is 27.8 Å². The number of Topliss-reactive ketones (excluding diaryl/α,β-unsaturated/α-hetero) is 1. The van der Waals surface area contributed by atoms with Crippen molar-refractivity contribution in [1.82, 2.24) is 4.90 Å². The average molecular weight is 484 g/mol. The van der Waals surface area contributed by atoms with Gasteiger partial charge in [0.2, 0.25) is 5.75 Å². The van der Waals surface area contributed by atoms with Gasteiger partial charge in [-0.15, -0.1) is 0 Å². The van der Waals surface area contributed by atoms with Gasteiger partial charge in [0.25, 0.3) is 0 Å². The molecular formula is C27H30FNO6. The van der Waals surface area contributed by atoms with Gasteiger partial charge in [0, 0.05) is 23.1 Å². The number of nitrogens with zero attached hydrogens (tertiary/aromatic N) is 1. The predicted octanol–water partition coefficient (Wildman–Crippen LogP) is 4.49. The Morgan fingerprint density at radius 1 is 1.06 bits per heavy atom. The van der Waals surface area contributed by atoms with Crippen molar-refractivity contribution in [3.8, 4) is 17.2 Å². The summed E-state index contributed by atoms with van der Waals surface area (Å²) < 4.78 is 35.1. The van der Waals surface area contributed by atoms with Gasteiger partial charge in [0.05, 0.1) is 27.6 Å². The molecule has 2 heterocycles. The standard InChI is InChI=1S/C27H30FNO6/c1-32-21-15-22(33-2)26(34-3)27-23(21)25(31)19(16-35-27)5-4-12-29-13-10-18(11-14-29)24(30)17-6-8-20(28)9-7-17/h6-9,15-16,18H,4-5,10-14H2,1-3H3.